The standard InChI is InChI=1S/C18H21N3O2/c1-13(17-7-4-10-23-17)20-12-18(22)19-9-8-14-11-21-16-6-3-2-5-15(14)16/h2-7,10-11,13,20-21H,8-9,12H2,1H3,(H,19,22)/t13-/m1/s1. The summed E-state index contributed by atoms with van der Waals surface area (Å²) >= 11 is 0. The minimum absolute atomic E-state index is 0.0109. The summed E-state index contributed by atoms with van der Waals surface area (Å²) < 4.78 is 5.30. The van der Waals surface area contributed by atoms with Crippen molar-refractivity contribution >= 4 is 16.8 Å². The summed E-state index contributed by atoms with van der Waals surface area (Å²) in [4.78, 5) is 15.1. The van der Waals surface area contributed by atoms with Gasteiger partial charge in [0.25, 0.3) is 0 Å². The molecule has 0 bridgehead atoms. The highest BCUT2D eigenvalue weighted by molar-refractivity contribution is 5.83. The number of carbonyl (C=O) groups is 1. The first-order valence-corrected chi connectivity index (χ1v) is 7.82. The van der Waals surface area contributed by atoms with Crippen molar-refractivity contribution < 1.29 is 9.21 Å². The van der Waals surface area contributed by atoms with Crippen molar-refractivity contribution in [1.29, 1.82) is 0 Å². The number of amides is 1. The van der Waals surface area contributed by atoms with E-state index < -0.39 is 0 Å². The van der Waals surface area contributed by atoms with Gasteiger partial charge in [-0.1, -0.05) is 18.2 Å². The Balaban J connectivity index is 1.42. The summed E-state index contributed by atoms with van der Waals surface area (Å²) in [6.45, 7) is 2.87. The van der Waals surface area contributed by atoms with Gasteiger partial charge in [0.05, 0.1) is 18.8 Å². The van der Waals surface area contributed by atoms with E-state index in [0.717, 1.165) is 17.7 Å². The smallest absolute Gasteiger partial charge is 0.233 e. The van der Waals surface area contributed by atoms with Crippen molar-refractivity contribution in [1.82, 2.24) is 15.6 Å². The average molecular weight is 311 g/mol. The summed E-state index contributed by atoms with van der Waals surface area (Å²) in [7, 11) is 0. The molecule has 2 heterocycles. The molecule has 0 aliphatic rings. The number of benzene rings is 1. The van der Waals surface area contributed by atoms with Gasteiger partial charge in [0.2, 0.25) is 5.91 Å². The van der Waals surface area contributed by atoms with Crippen LogP contribution in [0.1, 0.15) is 24.3 Å². The molecule has 0 radical (unpaired) electrons. The Hall–Kier alpha value is -2.53. The second-order valence-electron chi connectivity index (χ2n) is 5.58. The fourth-order valence-electron chi connectivity index (χ4n) is 2.62. The summed E-state index contributed by atoms with van der Waals surface area (Å²) in [5.74, 6) is 0.819. The van der Waals surface area contributed by atoms with Crippen molar-refractivity contribution in [2.24, 2.45) is 0 Å². The molecule has 0 unspecified atom stereocenters. The molecule has 5 nitrogen and oxygen atoms in total. The number of hydrogen-bond donors (Lipinski definition) is 3. The van der Waals surface area contributed by atoms with Gasteiger partial charge in [0, 0.05) is 23.6 Å². The van der Waals surface area contributed by atoms with Crippen LogP contribution in [0.3, 0.4) is 0 Å². The second-order valence-corrected chi connectivity index (χ2v) is 5.58. The van der Waals surface area contributed by atoms with Crippen LogP contribution in [-0.2, 0) is 11.2 Å². The Morgan fingerprint density at radius 1 is 1.26 bits per heavy atom. The molecule has 3 N–H and O–H groups in total. The molecule has 1 atom stereocenters. The largest absolute Gasteiger partial charge is 0.468 e. The van der Waals surface area contributed by atoms with Gasteiger partial charge in [-0.3, -0.25) is 10.1 Å². The highest BCUT2D eigenvalue weighted by Crippen LogP contribution is 2.17. The second kappa shape index (κ2) is 7.15. The molecular formula is C18H21N3O2. The zero-order valence-electron chi connectivity index (χ0n) is 13.1. The fraction of sp³-hybridized carbons (Fsp3) is 0.278. The molecule has 0 saturated heterocycles. The minimum atomic E-state index is -0.0109. The van der Waals surface area contributed by atoms with Crippen LogP contribution in [0, 0.1) is 0 Å². The number of aromatic nitrogens is 1. The topological polar surface area (TPSA) is 70.1 Å². The first-order chi connectivity index (χ1) is 11.2. The maximum atomic E-state index is 11.9. The molecule has 0 aliphatic carbocycles. The van der Waals surface area contributed by atoms with E-state index in [1.54, 1.807) is 6.26 Å². The Morgan fingerprint density at radius 3 is 2.96 bits per heavy atom. The Labute approximate surface area is 135 Å². The van der Waals surface area contributed by atoms with Gasteiger partial charge in [-0.15, -0.1) is 0 Å². The molecule has 2 aromatic heterocycles. The van der Waals surface area contributed by atoms with Crippen LogP contribution in [0.25, 0.3) is 10.9 Å². The predicted octanol–water partition coefficient (Wildman–Crippen LogP) is 2.77. The lowest BCUT2D eigenvalue weighted by Gasteiger charge is -2.11. The number of fused-ring (bicyclic) bond motifs is 1. The number of hydrogen-bond acceptors (Lipinski definition) is 3. The minimum Gasteiger partial charge on any atom is -0.468 e. The molecule has 1 aromatic carbocycles. The third kappa shape index (κ3) is 3.81. The molecule has 0 fully saturated rings. The molecule has 0 saturated carbocycles. The lowest BCUT2D eigenvalue weighted by Crippen LogP contribution is -2.35. The summed E-state index contributed by atoms with van der Waals surface area (Å²) in [6.07, 6.45) is 4.45. The molecule has 3 aromatic rings. The van der Waals surface area contributed by atoms with E-state index in [0.29, 0.717) is 6.54 Å². The number of nitrogens with one attached hydrogen (secondary N) is 3. The molecule has 5 heteroatoms. The van der Waals surface area contributed by atoms with Crippen LogP contribution in [0.5, 0.6) is 0 Å². The normalized spacial score (nSPS) is 12.4. The van der Waals surface area contributed by atoms with Gasteiger partial charge in [-0.25, -0.2) is 0 Å². The van der Waals surface area contributed by atoms with Crippen LogP contribution in [0.15, 0.2) is 53.3 Å². The maximum Gasteiger partial charge on any atom is 0.233 e. The Kier molecular flexibility index (Phi) is 4.78. The Bertz CT molecular complexity index is 762. The van der Waals surface area contributed by atoms with E-state index in [2.05, 4.69) is 27.8 Å². The van der Waals surface area contributed by atoms with Crippen LogP contribution in [-0.4, -0.2) is 24.0 Å². The molecule has 3 rings (SSSR count). The van der Waals surface area contributed by atoms with Gasteiger partial charge >= 0.3 is 0 Å². The van der Waals surface area contributed by atoms with E-state index in [-0.39, 0.29) is 18.5 Å². The van der Waals surface area contributed by atoms with E-state index in [1.165, 1.54) is 10.9 Å². The monoisotopic (exact) mass is 311 g/mol. The zero-order valence-corrected chi connectivity index (χ0v) is 13.1. The van der Waals surface area contributed by atoms with Crippen molar-refractivity contribution in [3.05, 3.63) is 60.2 Å². The SMILES string of the molecule is C[C@@H](NCC(=O)NCCc1c[nH]c2ccccc12)c1ccco1. The maximum absolute atomic E-state index is 11.9. The summed E-state index contributed by atoms with van der Waals surface area (Å²) in [6, 6.07) is 11.9. The number of H-pyrrole nitrogens is 1. The number of rotatable bonds is 7. The lowest BCUT2D eigenvalue weighted by atomic mass is 10.1. The number of carbonyl (C=O) groups excluding carboxylic acids is 1. The average Bonchev–Trinajstić information content (AvgIpc) is 3.23. The van der Waals surface area contributed by atoms with E-state index >= 15 is 0 Å². The van der Waals surface area contributed by atoms with Crippen LogP contribution in [0.4, 0.5) is 0 Å². The zero-order chi connectivity index (χ0) is 16.1. The Morgan fingerprint density at radius 2 is 2.13 bits per heavy atom. The highest BCUT2D eigenvalue weighted by atomic mass is 16.3. The third-order valence-corrected chi connectivity index (χ3v) is 3.93. The van der Waals surface area contributed by atoms with Crippen LogP contribution < -0.4 is 10.6 Å². The van der Waals surface area contributed by atoms with E-state index in [4.69, 9.17) is 4.42 Å². The lowest BCUT2D eigenvalue weighted by molar-refractivity contribution is -0.120. The molecule has 1 amide bonds. The van der Waals surface area contributed by atoms with Crippen LogP contribution in [0.2, 0.25) is 0 Å². The first kappa shape index (κ1) is 15.4. The van der Waals surface area contributed by atoms with Gasteiger partial charge in [0.1, 0.15) is 5.76 Å². The van der Waals surface area contributed by atoms with Gasteiger partial charge in [-0.05, 0) is 37.1 Å². The van der Waals surface area contributed by atoms with Crippen molar-refractivity contribution in [2.75, 3.05) is 13.1 Å². The van der Waals surface area contributed by atoms with Crippen molar-refractivity contribution in [3.63, 3.8) is 0 Å². The summed E-state index contributed by atoms with van der Waals surface area (Å²) in [5, 5.41) is 7.30. The third-order valence-electron chi connectivity index (χ3n) is 3.93. The number of furan rings is 1. The van der Waals surface area contributed by atoms with E-state index in [1.807, 2.05) is 37.4 Å². The molecule has 0 aliphatic heterocycles. The van der Waals surface area contributed by atoms with Crippen molar-refractivity contribution in [2.45, 2.75) is 19.4 Å². The van der Waals surface area contributed by atoms with E-state index in [9.17, 15) is 4.79 Å². The predicted molar refractivity (Wildman–Crippen MR) is 90.1 cm³/mol. The quantitative estimate of drug-likeness (QED) is 0.628. The van der Waals surface area contributed by atoms with Crippen molar-refractivity contribution in [3.8, 4) is 0 Å². The molecule has 120 valence electrons. The molecule has 0 spiro atoms. The molecular weight excluding hydrogens is 290 g/mol. The van der Waals surface area contributed by atoms with Gasteiger partial charge in [-0.2, -0.15) is 0 Å². The number of para-hydroxylation sites is 1. The summed E-state index contributed by atoms with van der Waals surface area (Å²) in [5.41, 5.74) is 2.35. The van der Waals surface area contributed by atoms with Crippen LogP contribution >= 0.6 is 0 Å². The fourth-order valence-corrected chi connectivity index (χ4v) is 2.62. The van der Waals surface area contributed by atoms with Gasteiger partial charge in [0.15, 0.2) is 0 Å². The first-order valence-electron chi connectivity index (χ1n) is 7.82. The number of aromatic amines is 1. The van der Waals surface area contributed by atoms with Gasteiger partial charge < -0.3 is 14.7 Å². The molecule has 23 heavy (non-hydrogen) atoms. The highest BCUT2D eigenvalue weighted by Gasteiger charge is 2.10.